The maximum atomic E-state index is 11.2. The van der Waals surface area contributed by atoms with Crippen molar-refractivity contribution in [3.63, 3.8) is 0 Å². The lowest BCUT2D eigenvalue weighted by Gasteiger charge is -2.08. The monoisotopic (exact) mass is 305 g/mol. The Balaban J connectivity index is 1.84. The molecule has 7 heteroatoms. The van der Waals surface area contributed by atoms with E-state index in [2.05, 4.69) is 9.97 Å². The third-order valence-corrected chi connectivity index (χ3v) is 4.12. The molecule has 2 aliphatic heterocycles. The molecule has 0 N–H and O–H groups in total. The van der Waals surface area contributed by atoms with Gasteiger partial charge < -0.3 is 13.7 Å². The van der Waals surface area contributed by atoms with Crippen molar-refractivity contribution in [3.05, 3.63) is 45.0 Å². The van der Waals surface area contributed by atoms with Crippen molar-refractivity contribution in [2.45, 2.75) is 26.5 Å². The van der Waals surface area contributed by atoms with Gasteiger partial charge in [0.1, 0.15) is 11.1 Å². The molecule has 6 nitrogen and oxygen atoms in total. The van der Waals surface area contributed by atoms with E-state index >= 15 is 0 Å². The Kier molecular flexibility index (Phi) is 3.85. The van der Waals surface area contributed by atoms with Crippen LogP contribution in [0, 0.1) is 0 Å². The summed E-state index contributed by atoms with van der Waals surface area (Å²) >= 11 is 1.57. The quantitative estimate of drug-likeness (QED) is 0.724. The molecule has 0 fully saturated rings. The largest absolute Gasteiger partial charge is 0.441 e. The van der Waals surface area contributed by atoms with Gasteiger partial charge in [0.25, 0.3) is 0 Å². The minimum Gasteiger partial charge on any atom is -0.405 e. The highest BCUT2D eigenvalue weighted by Crippen LogP contribution is 2.23. The molecule has 1 aromatic heterocycles. The van der Waals surface area contributed by atoms with E-state index < -0.39 is 5.76 Å². The molecule has 0 aliphatic carbocycles. The van der Waals surface area contributed by atoms with Gasteiger partial charge in [-0.2, -0.15) is 4.98 Å². The van der Waals surface area contributed by atoms with Crippen molar-refractivity contribution in [3.8, 4) is 11.6 Å². The van der Waals surface area contributed by atoms with Crippen LogP contribution in [0.3, 0.4) is 0 Å². The van der Waals surface area contributed by atoms with Crippen LogP contribution in [0.4, 0.5) is 0 Å². The smallest absolute Gasteiger partial charge is 0.405 e. The van der Waals surface area contributed by atoms with Crippen LogP contribution in [0.1, 0.15) is 30.7 Å². The zero-order chi connectivity index (χ0) is 14.8. The highest BCUT2D eigenvalue weighted by molar-refractivity contribution is 7.09. The summed E-state index contributed by atoms with van der Waals surface area (Å²) in [6.07, 6.45) is 1.85. The lowest BCUT2D eigenvalue weighted by Crippen LogP contribution is -2.06. The van der Waals surface area contributed by atoms with E-state index in [1.54, 1.807) is 17.4 Å². The molecule has 0 radical (unpaired) electrons. The number of thiazole rings is 1. The molecule has 0 aromatic carbocycles. The maximum absolute atomic E-state index is 11.2. The Bertz CT molecular complexity index is 761. The van der Waals surface area contributed by atoms with Crippen LogP contribution < -0.4 is 5.76 Å². The van der Waals surface area contributed by atoms with Gasteiger partial charge in [-0.3, -0.25) is 0 Å². The summed E-state index contributed by atoms with van der Waals surface area (Å²) in [4.78, 5) is 19.7. The number of hydrogen-bond acceptors (Lipinski definition) is 6. The van der Waals surface area contributed by atoms with E-state index in [4.69, 9.17) is 9.15 Å². The van der Waals surface area contributed by atoms with Gasteiger partial charge in [-0.1, -0.05) is 0 Å². The highest BCUT2D eigenvalue weighted by Gasteiger charge is 2.15. The average Bonchev–Trinajstić information content (AvgIpc) is 3.05. The number of ether oxygens (including phenoxy) is 1. The van der Waals surface area contributed by atoms with Crippen molar-refractivity contribution in [2.24, 2.45) is 0 Å². The van der Waals surface area contributed by atoms with Crippen molar-refractivity contribution >= 4 is 11.3 Å². The number of nitrogens with zero attached hydrogens (tertiary/aromatic N) is 3. The van der Waals surface area contributed by atoms with E-state index in [1.165, 1.54) is 0 Å². The zero-order valence-electron chi connectivity index (χ0n) is 11.8. The van der Waals surface area contributed by atoms with Gasteiger partial charge >= 0.3 is 5.76 Å². The van der Waals surface area contributed by atoms with Crippen molar-refractivity contribution in [1.29, 1.82) is 0 Å². The molecule has 1 aromatic rings. The zero-order valence-corrected chi connectivity index (χ0v) is 12.6. The second-order valence-corrected chi connectivity index (χ2v) is 5.47. The minimum absolute atomic E-state index is 0.00478. The van der Waals surface area contributed by atoms with Crippen LogP contribution in [0.2, 0.25) is 0 Å². The number of rotatable bonds is 5. The normalized spacial score (nSPS) is 12.9. The van der Waals surface area contributed by atoms with E-state index in [-0.39, 0.29) is 6.10 Å². The number of fused-ring (bicyclic) bond motifs is 1. The molecular weight excluding hydrogens is 290 g/mol. The molecule has 3 heterocycles. The van der Waals surface area contributed by atoms with Gasteiger partial charge in [0, 0.05) is 18.2 Å². The molecule has 0 amide bonds. The second kappa shape index (κ2) is 5.79. The number of pyridine rings is 1. The molecule has 21 heavy (non-hydrogen) atoms. The standard InChI is InChI=1S/C14H15N3O3S/c1-3-19-9(2)13-15-10(8-21-13)7-17-6-4-5-11-12(17)16-14(18)20-11/h4-6,8-9H,3,7H2,1-2H3/t9-/m0/s1. The topological polar surface area (TPSA) is 70.2 Å². The fourth-order valence-corrected chi connectivity index (χ4v) is 2.94. The second-order valence-electron chi connectivity index (χ2n) is 4.58. The fraction of sp³-hybridized carbons (Fsp3) is 0.357. The Morgan fingerprint density at radius 3 is 3.14 bits per heavy atom. The molecule has 0 unspecified atom stereocenters. The number of hydrogen-bond donors (Lipinski definition) is 0. The summed E-state index contributed by atoms with van der Waals surface area (Å²) < 4.78 is 12.4. The third kappa shape index (κ3) is 2.88. The van der Waals surface area contributed by atoms with Gasteiger partial charge in [-0.25, -0.2) is 9.78 Å². The number of oxazole rings is 1. The van der Waals surface area contributed by atoms with Crippen LogP contribution in [-0.2, 0) is 11.3 Å². The maximum Gasteiger partial charge on any atom is 0.441 e. The predicted molar refractivity (Wildman–Crippen MR) is 78.6 cm³/mol. The Labute approximate surface area is 125 Å². The predicted octanol–water partition coefficient (Wildman–Crippen LogP) is 2.54. The van der Waals surface area contributed by atoms with Crippen LogP contribution in [0.25, 0.3) is 11.6 Å². The molecule has 2 aliphatic rings. The van der Waals surface area contributed by atoms with Crippen LogP contribution >= 0.6 is 11.3 Å². The first-order valence-corrected chi connectivity index (χ1v) is 7.57. The fourth-order valence-electron chi connectivity index (χ4n) is 2.13. The van der Waals surface area contributed by atoms with Crippen molar-refractivity contribution < 1.29 is 9.15 Å². The van der Waals surface area contributed by atoms with Gasteiger partial charge in [0.2, 0.25) is 0 Å². The molecule has 0 bridgehead atoms. The molecule has 0 spiro atoms. The summed E-state index contributed by atoms with van der Waals surface area (Å²) in [7, 11) is 0. The molecular formula is C14H15N3O3S. The van der Waals surface area contributed by atoms with Gasteiger partial charge in [-0.15, -0.1) is 11.3 Å². The summed E-state index contributed by atoms with van der Waals surface area (Å²) in [6, 6.07) is 3.55. The molecule has 1 atom stereocenters. The van der Waals surface area contributed by atoms with Gasteiger partial charge in [0.15, 0.2) is 11.6 Å². The average molecular weight is 305 g/mol. The van der Waals surface area contributed by atoms with Crippen LogP contribution in [-0.4, -0.2) is 21.1 Å². The van der Waals surface area contributed by atoms with Gasteiger partial charge in [0.05, 0.1) is 12.2 Å². The van der Waals surface area contributed by atoms with Crippen LogP contribution in [0.15, 0.2) is 32.9 Å². The first-order valence-electron chi connectivity index (χ1n) is 6.69. The number of aromatic nitrogens is 3. The Morgan fingerprint density at radius 1 is 1.48 bits per heavy atom. The lowest BCUT2D eigenvalue weighted by molar-refractivity contribution is 0.0761. The van der Waals surface area contributed by atoms with Crippen LogP contribution in [0.5, 0.6) is 0 Å². The Morgan fingerprint density at radius 2 is 2.33 bits per heavy atom. The molecule has 110 valence electrons. The Hall–Kier alpha value is -1.99. The highest BCUT2D eigenvalue weighted by atomic mass is 32.1. The van der Waals surface area contributed by atoms with E-state index in [0.29, 0.717) is 24.7 Å². The summed E-state index contributed by atoms with van der Waals surface area (Å²) in [5, 5.41) is 2.94. The summed E-state index contributed by atoms with van der Waals surface area (Å²) in [5.74, 6) is 0.449. The molecule has 0 saturated carbocycles. The summed E-state index contributed by atoms with van der Waals surface area (Å²) in [6.45, 7) is 5.15. The first-order chi connectivity index (χ1) is 10.2. The lowest BCUT2D eigenvalue weighted by atomic mass is 10.3. The third-order valence-electron chi connectivity index (χ3n) is 3.07. The molecule has 3 rings (SSSR count). The summed E-state index contributed by atoms with van der Waals surface area (Å²) in [5.41, 5.74) is 0.912. The van der Waals surface area contributed by atoms with E-state index in [0.717, 1.165) is 10.7 Å². The SMILES string of the molecule is CCO[C@@H](C)c1nc(Cn2cccc3oc(=O)nc2-3)cs1. The first kappa shape index (κ1) is 14.0. The van der Waals surface area contributed by atoms with E-state index in [1.807, 2.05) is 36.1 Å². The van der Waals surface area contributed by atoms with Crippen molar-refractivity contribution in [2.75, 3.05) is 6.61 Å². The van der Waals surface area contributed by atoms with Gasteiger partial charge in [-0.05, 0) is 26.0 Å². The van der Waals surface area contributed by atoms with Crippen molar-refractivity contribution in [1.82, 2.24) is 14.5 Å². The van der Waals surface area contributed by atoms with E-state index in [9.17, 15) is 4.79 Å². The minimum atomic E-state index is -0.575. The molecule has 0 saturated heterocycles.